The molecule has 9 heteroatoms. The lowest BCUT2D eigenvalue weighted by Gasteiger charge is -2.33. The van der Waals surface area contributed by atoms with Gasteiger partial charge in [0, 0.05) is 42.2 Å². The number of fused-ring (bicyclic) bond motifs is 1. The number of amides is 1. The highest BCUT2D eigenvalue weighted by Gasteiger charge is 2.32. The molecular weight excluding hydrogens is 419 g/mol. The SMILES string of the molecule is Cc1c(C(=O)N2CCN(S(=O)(=O)c3cccc(F)c3)CC2)oc2ccc(Cl)cc12. The Morgan fingerprint density at radius 3 is 2.52 bits per heavy atom. The van der Waals surface area contributed by atoms with Crippen molar-refractivity contribution in [1.82, 2.24) is 9.21 Å². The molecule has 0 spiro atoms. The molecule has 6 nitrogen and oxygen atoms in total. The van der Waals surface area contributed by atoms with E-state index in [0.717, 1.165) is 11.5 Å². The Balaban J connectivity index is 1.51. The predicted molar refractivity (Wildman–Crippen MR) is 107 cm³/mol. The minimum absolute atomic E-state index is 0.0951. The molecule has 1 amide bonds. The molecule has 1 aromatic heterocycles. The number of piperazine rings is 1. The molecule has 2 heterocycles. The highest BCUT2D eigenvalue weighted by molar-refractivity contribution is 7.89. The van der Waals surface area contributed by atoms with Gasteiger partial charge in [-0.1, -0.05) is 17.7 Å². The van der Waals surface area contributed by atoms with Crippen molar-refractivity contribution in [1.29, 1.82) is 0 Å². The smallest absolute Gasteiger partial charge is 0.289 e. The maximum absolute atomic E-state index is 13.4. The summed E-state index contributed by atoms with van der Waals surface area (Å²) in [5.74, 6) is -0.679. The number of benzene rings is 2. The fraction of sp³-hybridized carbons (Fsp3) is 0.250. The lowest BCUT2D eigenvalue weighted by Crippen LogP contribution is -2.50. The molecule has 0 radical (unpaired) electrons. The van der Waals surface area contributed by atoms with E-state index in [1.807, 2.05) is 0 Å². The first-order valence-corrected chi connectivity index (χ1v) is 10.8. The monoisotopic (exact) mass is 436 g/mol. The van der Waals surface area contributed by atoms with E-state index in [-0.39, 0.29) is 42.7 Å². The largest absolute Gasteiger partial charge is 0.451 e. The zero-order chi connectivity index (χ0) is 20.8. The van der Waals surface area contributed by atoms with Crippen molar-refractivity contribution in [2.75, 3.05) is 26.2 Å². The number of hydrogen-bond donors (Lipinski definition) is 0. The van der Waals surface area contributed by atoms with Crippen LogP contribution in [-0.4, -0.2) is 49.7 Å². The number of hydrogen-bond acceptors (Lipinski definition) is 4. The Labute approximate surface area is 172 Å². The number of halogens is 2. The zero-order valence-corrected chi connectivity index (χ0v) is 17.1. The Morgan fingerprint density at radius 1 is 1.10 bits per heavy atom. The van der Waals surface area contributed by atoms with E-state index in [0.29, 0.717) is 16.2 Å². The van der Waals surface area contributed by atoms with Crippen LogP contribution in [0.3, 0.4) is 0 Å². The molecule has 0 unspecified atom stereocenters. The first-order chi connectivity index (χ1) is 13.8. The summed E-state index contributed by atoms with van der Waals surface area (Å²) in [4.78, 5) is 14.4. The second kappa shape index (κ2) is 7.44. The normalized spacial score (nSPS) is 15.8. The second-order valence-electron chi connectivity index (χ2n) is 6.85. The highest BCUT2D eigenvalue weighted by Crippen LogP contribution is 2.29. The Kier molecular flexibility index (Phi) is 5.10. The molecule has 1 aliphatic rings. The molecule has 0 saturated carbocycles. The van der Waals surface area contributed by atoms with Gasteiger partial charge in [-0.3, -0.25) is 4.79 Å². The van der Waals surface area contributed by atoms with Crippen LogP contribution in [0.2, 0.25) is 5.02 Å². The van der Waals surface area contributed by atoms with Crippen molar-refractivity contribution in [3.8, 4) is 0 Å². The van der Waals surface area contributed by atoms with Gasteiger partial charge in [0.2, 0.25) is 10.0 Å². The molecular formula is C20H18ClFN2O4S. The first-order valence-electron chi connectivity index (χ1n) is 9.01. The summed E-state index contributed by atoms with van der Waals surface area (Å²) in [5, 5.41) is 1.32. The molecule has 1 aliphatic heterocycles. The van der Waals surface area contributed by atoms with E-state index < -0.39 is 15.8 Å². The molecule has 0 aliphatic carbocycles. The van der Waals surface area contributed by atoms with Crippen molar-refractivity contribution < 1.29 is 22.0 Å². The van der Waals surface area contributed by atoms with Crippen molar-refractivity contribution in [2.24, 2.45) is 0 Å². The minimum Gasteiger partial charge on any atom is -0.451 e. The van der Waals surface area contributed by atoms with Gasteiger partial charge in [-0.25, -0.2) is 12.8 Å². The van der Waals surface area contributed by atoms with Crippen LogP contribution in [0.15, 0.2) is 51.8 Å². The average Bonchev–Trinajstić information content (AvgIpc) is 3.03. The van der Waals surface area contributed by atoms with Gasteiger partial charge in [0.15, 0.2) is 5.76 Å². The fourth-order valence-corrected chi connectivity index (χ4v) is 5.08. The molecule has 4 rings (SSSR count). The number of carbonyl (C=O) groups is 1. The fourth-order valence-electron chi connectivity index (χ4n) is 3.45. The maximum atomic E-state index is 13.4. The van der Waals surface area contributed by atoms with Crippen LogP contribution in [0.25, 0.3) is 11.0 Å². The van der Waals surface area contributed by atoms with Crippen LogP contribution in [0.1, 0.15) is 16.1 Å². The van der Waals surface area contributed by atoms with E-state index in [1.165, 1.54) is 22.5 Å². The summed E-state index contributed by atoms with van der Waals surface area (Å²) >= 11 is 6.02. The van der Waals surface area contributed by atoms with Gasteiger partial charge < -0.3 is 9.32 Å². The third-order valence-electron chi connectivity index (χ3n) is 5.05. The van der Waals surface area contributed by atoms with Gasteiger partial charge in [0.05, 0.1) is 4.90 Å². The van der Waals surface area contributed by atoms with Gasteiger partial charge in [-0.05, 0) is 43.3 Å². The minimum atomic E-state index is -3.81. The van der Waals surface area contributed by atoms with Gasteiger partial charge in [0.1, 0.15) is 11.4 Å². The van der Waals surface area contributed by atoms with Crippen molar-refractivity contribution in [2.45, 2.75) is 11.8 Å². The number of aryl methyl sites for hydroxylation is 1. The van der Waals surface area contributed by atoms with Gasteiger partial charge >= 0.3 is 0 Å². The predicted octanol–water partition coefficient (Wildman–Crippen LogP) is 3.68. The lowest BCUT2D eigenvalue weighted by molar-refractivity contribution is 0.0667. The summed E-state index contributed by atoms with van der Waals surface area (Å²) in [6.45, 7) is 2.46. The molecule has 1 fully saturated rings. The third-order valence-corrected chi connectivity index (χ3v) is 7.18. The van der Waals surface area contributed by atoms with Crippen LogP contribution in [-0.2, 0) is 10.0 Å². The topological polar surface area (TPSA) is 70.8 Å². The third kappa shape index (κ3) is 3.63. The van der Waals surface area contributed by atoms with Gasteiger partial charge in [-0.2, -0.15) is 4.31 Å². The molecule has 152 valence electrons. The standard InChI is InChI=1S/C20H18ClFN2O4S/c1-13-17-11-14(21)5-6-18(17)28-19(13)20(25)23-7-9-24(10-8-23)29(26,27)16-4-2-3-15(22)12-16/h2-6,11-12H,7-10H2,1H3. The van der Waals surface area contributed by atoms with E-state index in [1.54, 1.807) is 30.0 Å². The molecule has 3 aromatic rings. The van der Waals surface area contributed by atoms with Crippen molar-refractivity contribution in [3.63, 3.8) is 0 Å². The van der Waals surface area contributed by atoms with Crippen molar-refractivity contribution in [3.05, 3.63) is 64.6 Å². The summed E-state index contributed by atoms with van der Waals surface area (Å²) in [7, 11) is -3.81. The van der Waals surface area contributed by atoms with E-state index >= 15 is 0 Å². The summed E-state index contributed by atoms with van der Waals surface area (Å²) in [5.41, 5.74) is 1.27. The Hall–Kier alpha value is -2.42. The summed E-state index contributed by atoms with van der Waals surface area (Å²) < 4.78 is 45.8. The summed E-state index contributed by atoms with van der Waals surface area (Å²) in [6.07, 6.45) is 0. The summed E-state index contributed by atoms with van der Waals surface area (Å²) in [6, 6.07) is 10.1. The molecule has 1 saturated heterocycles. The van der Waals surface area contributed by atoms with Crippen LogP contribution in [0.5, 0.6) is 0 Å². The number of furan rings is 1. The van der Waals surface area contributed by atoms with Gasteiger partial charge in [0.25, 0.3) is 5.91 Å². The van der Waals surface area contributed by atoms with E-state index in [4.69, 9.17) is 16.0 Å². The lowest BCUT2D eigenvalue weighted by atomic mass is 10.1. The molecule has 29 heavy (non-hydrogen) atoms. The molecule has 0 atom stereocenters. The zero-order valence-electron chi connectivity index (χ0n) is 15.6. The molecule has 0 bridgehead atoms. The maximum Gasteiger partial charge on any atom is 0.289 e. The number of carbonyl (C=O) groups excluding carboxylic acids is 1. The van der Waals surface area contributed by atoms with E-state index in [2.05, 4.69) is 0 Å². The van der Waals surface area contributed by atoms with Crippen LogP contribution in [0.4, 0.5) is 4.39 Å². The number of rotatable bonds is 3. The Morgan fingerprint density at radius 2 is 1.83 bits per heavy atom. The van der Waals surface area contributed by atoms with Crippen LogP contribution >= 0.6 is 11.6 Å². The van der Waals surface area contributed by atoms with Crippen LogP contribution in [0, 0.1) is 12.7 Å². The molecule has 0 N–H and O–H groups in total. The second-order valence-corrected chi connectivity index (χ2v) is 9.22. The van der Waals surface area contributed by atoms with Crippen LogP contribution < -0.4 is 0 Å². The highest BCUT2D eigenvalue weighted by atomic mass is 35.5. The quantitative estimate of drug-likeness (QED) is 0.628. The first kappa shape index (κ1) is 19.9. The van der Waals surface area contributed by atoms with Crippen molar-refractivity contribution >= 4 is 38.5 Å². The van der Waals surface area contributed by atoms with E-state index in [9.17, 15) is 17.6 Å². The number of sulfonamides is 1. The average molecular weight is 437 g/mol. The van der Waals surface area contributed by atoms with Gasteiger partial charge in [-0.15, -0.1) is 0 Å². The molecule has 2 aromatic carbocycles. The Bertz CT molecular complexity index is 1200. The number of nitrogens with zero attached hydrogens (tertiary/aromatic N) is 2.